The number of thiophene rings is 2. The summed E-state index contributed by atoms with van der Waals surface area (Å²) in [7, 11) is 1.95. The molecular formula is C21H23N5OS3. The molecule has 3 aromatic rings. The van der Waals surface area contributed by atoms with Crippen LogP contribution in [0.15, 0.2) is 22.7 Å². The second-order valence-electron chi connectivity index (χ2n) is 7.47. The van der Waals surface area contributed by atoms with Gasteiger partial charge < -0.3 is 9.88 Å². The first-order valence-corrected chi connectivity index (χ1v) is 12.5. The van der Waals surface area contributed by atoms with Crippen molar-refractivity contribution in [3.05, 3.63) is 33.5 Å². The van der Waals surface area contributed by atoms with Gasteiger partial charge in [0.25, 0.3) is 0 Å². The molecular weight excluding hydrogens is 434 g/mol. The second-order valence-corrected chi connectivity index (χ2v) is 10.8. The predicted molar refractivity (Wildman–Crippen MR) is 123 cm³/mol. The molecule has 0 saturated carbocycles. The zero-order chi connectivity index (χ0) is 21.3. The molecule has 156 valence electrons. The van der Waals surface area contributed by atoms with Crippen LogP contribution >= 0.6 is 34.4 Å². The van der Waals surface area contributed by atoms with Crippen molar-refractivity contribution in [3.8, 4) is 16.8 Å². The van der Waals surface area contributed by atoms with Gasteiger partial charge in [0, 0.05) is 11.9 Å². The van der Waals surface area contributed by atoms with E-state index in [9.17, 15) is 4.79 Å². The van der Waals surface area contributed by atoms with E-state index in [1.54, 1.807) is 11.4 Å². The third-order valence-electron chi connectivity index (χ3n) is 5.49. The van der Waals surface area contributed by atoms with E-state index in [1.807, 2.05) is 29.9 Å². The van der Waals surface area contributed by atoms with Crippen LogP contribution in [0.25, 0.3) is 10.7 Å². The Bertz CT molecular complexity index is 1110. The van der Waals surface area contributed by atoms with Crippen LogP contribution < -0.4 is 5.32 Å². The highest BCUT2D eigenvalue weighted by Gasteiger charge is 2.24. The average molecular weight is 458 g/mol. The standard InChI is InChI=1S/C21H23N5OS3/c1-4-13-5-6-16-15(9-13)10-17(30-16)18-24-25-21(26(18)3)29-12(2)19(27)23-20-14(11-22)7-8-28-20/h7-8,10,12-13H,4-6,9H2,1-3H3,(H,23,27)/t12-,13+/m0/s1. The lowest BCUT2D eigenvalue weighted by atomic mass is 9.87. The van der Waals surface area contributed by atoms with Gasteiger partial charge in [0.1, 0.15) is 11.1 Å². The fourth-order valence-corrected chi connectivity index (χ4v) is 6.39. The molecule has 0 aliphatic heterocycles. The van der Waals surface area contributed by atoms with E-state index < -0.39 is 0 Å². The number of hydrogen-bond acceptors (Lipinski definition) is 7. The monoisotopic (exact) mass is 457 g/mol. The lowest BCUT2D eigenvalue weighted by Gasteiger charge is -2.19. The van der Waals surface area contributed by atoms with Gasteiger partial charge in [-0.1, -0.05) is 25.1 Å². The molecule has 1 N–H and O–H groups in total. The van der Waals surface area contributed by atoms with Crippen LogP contribution in [0, 0.1) is 17.2 Å². The van der Waals surface area contributed by atoms with Crippen molar-refractivity contribution < 1.29 is 4.79 Å². The zero-order valence-electron chi connectivity index (χ0n) is 17.1. The maximum absolute atomic E-state index is 12.6. The normalized spacial score (nSPS) is 16.7. The van der Waals surface area contributed by atoms with E-state index in [2.05, 4.69) is 34.6 Å². The minimum Gasteiger partial charge on any atom is -0.316 e. The molecule has 0 aromatic carbocycles. The Labute approximate surface area is 188 Å². The molecule has 1 aliphatic rings. The summed E-state index contributed by atoms with van der Waals surface area (Å²) in [5.74, 6) is 1.48. The Balaban J connectivity index is 1.47. The number of nitriles is 1. The predicted octanol–water partition coefficient (Wildman–Crippen LogP) is 5.11. The molecule has 2 atom stereocenters. The van der Waals surface area contributed by atoms with E-state index in [-0.39, 0.29) is 11.2 Å². The summed E-state index contributed by atoms with van der Waals surface area (Å²) >= 11 is 4.54. The molecule has 1 aliphatic carbocycles. The fraction of sp³-hybridized carbons (Fsp3) is 0.429. The van der Waals surface area contributed by atoms with Gasteiger partial charge in [-0.3, -0.25) is 4.79 Å². The summed E-state index contributed by atoms with van der Waals surface area (Å²) in [6.07, 6.45) is 4.82. The van der Waals surface area contributed by atoms with Crippen LogP contribution in [-0.4, -0.2) is 25.9 Å². The van der Waals surface area contributed by atoms with Crippen LogP contribution in [0.4, 0.5) is 5.00 Å². The van der Waals surface area contributed by atoms with Crippen molar-refractivity contribution in [2.75, 3.05) is 5.32 Å². The van der Waals surface area contributed by atoms with Crippen molar-refractivity contribution in [1.82, 2.24) is 14.8 Å². The van der Waals surface area contributed by atoms with Crippen molar-refractivity contribution >= 4 is 45.3 Å². The SMILES string of the molecule is CC[C@@H]1CCc2sc(-c3nnc(S[C@@H](C)C(=O)Nc4sccc4C#N)n3C)cc2C1. The largest absolute Gasteiger partial charge is 0.316 e. The van der Waals surface area contributed by atoms with Crippen molar-refractivity contribution in [2.24, 2.45) is 13.0 Å². The number of rotatable bonds is 6. The summed E-state index contributed by atoms with van der Waals surface area (Å²) in [5, 5.41) is 23.4. The molecule has 3 heterocycles. The number of nitrogens with zero attached hydrogens (tertiary/aromatic N) is 4. The molecule has 0 fully saturated rings. The first kappa shape index (κ1) is 21.1. The number of carbonyl (C=O) groups is 1. The van der Waals surface area contributed by atoms with E-state index >= 15 is 0 Å². The summed E-state index contributed by atoms with van der Waals surface area (Å²) in [6, 6.07) is 6.07. The Morgan fingerprint density at radius 2 is 2.33 bits per heavy atom. The summed E-state index contributed by atoms with van der Waals surface area (Å²) in [5.41, 5.74) is 1.95. The quantitative estimate of drug-likeness (QED) is 0.520. The van der Waals surface area contributed by atoms with Crippen LogP contribution in [0.2, 0.25) is 0 Å². The second kappa shape index (κ2) is 8.92. The third kappa shape index (κ3) is 4.17. The molecule has 6 nitrogen and oxygen atoms in total. The topological polar surface area (TPSA) is 83.6 Å². The molecule has 3 aromatic heterocycles. The van der Waals surface area contributed by atoms with Gasteiger partial charge in [-0.25, -0.2) is 0 Å². The summed E-state index contributed by atoms with van der Waals surface area (Å²) in [6.45, 7) is 4.11. The van der Waals surface area contributed by atoms with E-state index in [4.69, 9.17) is 5.26 Å². The molecule has 0 unspecified atom stereocenters. The van der Waals surface area contributed by atoms with Crippen LogP contribution in [0.5, 0.6) is 0 Å². The molecule has 4 rings (SSSR count). The summed E-state index contributed by atoms with van der Waals surface area (Å²) < 4.78 is 1.97. The zero-order valence-corrected chi connectivity index (χ0v) is 19.6. The van der Waals surface area contributed by atoms with Crippen molar-refractivity contribution in [1.29, 1.82) is 5.26 Å². The molecule has 1 amide bonds. The Morgan fingerprint density at radius 1 is 1.50 bits per heavy atom. The Hall–Kier alpha value is -2.15. The Kier molecular flexibility index (Phi) is 6.27. The fourth-order valence-electron chi connectivity index (χ4n) is 3.61. The minimum absolute atomic E-state index is 0.152. The highest BCUT2D eigenvalue weighted by atomic mass is 32.2. The van der Waals surface area contributed by atoms with Gasteiger partial charge in [0.15, 0.2) is 11.0 Å². The number of carbonyl (C=O) groups excluding carboxylic acids is 1. The number of amides is 1. The van der Waals surface area contributed by atoms with Crippen molar-refractivity contribution in [2.45, 2.75) is 49.9 Å². The number of anilines is 1. The van der Waals surface area contributed by atoms with E-state index in [0.717, 1.165) is 29.5 Å². The maximum Gasteiger partial charge on any atom is 0.238 e. The van der Waals surface area contributed by atoms with E-state index in [0.29, 0.717) is 15.7 Å². The smallest absolute Gasteiger partial charge is 0.238 e. The molecule has 0 bridgehead atoms. The number of nitrogens with one attached hydrogen (secondary N) is 1. The molecule has 0 spiro atoms. The molecule has 0 saturated heterocycles. The van der Waals surface area contributed by atoms with Crippen LogP contribution in [-0.2, 0) is 24.7 Å². The van der Waals surface area contributed by atoms with Gasteiger partial charge in [-0.2, -0.15) is 5.26 Å². The lowest BCUT2D eigenvalue weighted by molar-refractivity contribution is -0.115. The van der Waals surface area contributed by atoms with Gasteiger partial charge in [-0.15, -0.1) is 32.9 Å². The first-order chi connectivity index (χ1) is 14.5. The number of thioether (sulfide) groups is 1. The third-order valence-corrected chi connectivity index (χ3v) is 8.69. The van der Waals surface area contributed by atoms with Gasteiger partial charge in [-0.05, 0) is 55.2 Å². The van der Waals surface area contributed by atoms with Crippen LogP contribution in [0.3, 0.4) is 0 Å². The average Bonchev–Trinajstić information content (AvgIpc) is 3.46. The minimum atomic E-state index is -0.365. The van der Waals surface area contributed by atoms with Crippen molar-refractivity contribution in [3.63, 3.8) is 0 Å². The molecule has 0 radical (unpaired) electrons. The lowest BCUT2D eigenvalue weighted by Crippen LogP contribution is -2.22. The Morgan fingerprint density at radius 3 is 3.10 bits per heavy atom. The highest BCUT2D eigenvalue weighted by molar-refractivity contribution is 8.00. The van der Waals surface area contributed by atoms with E-state index in [1.165, 1.54) is 46.4 Å². The number of hydrogen-bond donors (Lipinski definition) is 1. The molecule has 30 heavy (non-hydrogen) atoms. The van der Waals surface area contributed by atoms with Crippen LogP contribution in [0.1, 0.15) is 42.7 Å². The summed E-state index contributed by atoms with van der Waals surface area (Å²) in [4.78, 5) is 15.2. The first-order valence-electron chi connectivity index (χ1n) is 9.96. The highest BCUT2D eigenvalue weighted by Crippen LogP contribution is 2.38. The van der Waals surface area contributed by atoms with Gasteiger partial charge >= 0.3 is 0 Å². The van der Waals surface area contributed by atoms with Gasteiger partial charge in [0.05, 0.1) is 15.7 Å². The number of fused-ring (bicyclic) bond motifs is 1. The maximum atomic E-state index is 12.6. The number of aryl methyl sites for hydroxylation is 1. The number of aromatic nitrogens is 3. The molecule has 9 heteroatoms. The van der Waals surface area contributed by atoms with Gasteiger partial charge in [0.2, 0.25) is 5.91 Å².